The number of nitrogen functional groups attached to an aromatic ring is 1. The molecule has 0 fully saturated rings. The van der Waals surface area contributed by atoms with Crippen molar-refractivity contribution in [3.8, 4) is 29.4 Å². The number of pyridine rings is 1. The summed E-state index contributed by atoms with van der Waals surface area (Å²) >= 11 is 0. The highest BCUT2D eigenvalue weighted by Crippen LogP contribution is 2.31. The van der Waals surface area contributed by atoms with Gasteiger partial charge in [0.15, 0.2) is 5.82 Å². The van der Waals surface area contributed by atoms with Crippen molar-refractivity contribution in [1.82, 2.24) is 15.0 Å². The third kappa shape index (κ3) is 2.23. The Morgan fingerprint density at radius 3 is 2.81 bits per heavy atom. The van der Waals surface area contributed by atoms with Crippen LogP contribution in [-0.2, 0) is 0 Å². The fourth-order valence-electron chi connectivity index (χ4n) is 2.11. The number of ether oxygens (including phenoxy) is 1. The van der Waals surface area contributed by atoms with Crippen molar-refractivity contribution in [2.24, 2.45) is 0 Å². The van der Waals surface area contributed by atoms with Gasteiger partial charge in [0, 0.05) is 11.1 Å². The minimum atomic E-state index is 0.342. The monoisotopic (exact) mass is 276 g/mol. The molecule has 0 saturated heterocycles. The number of benzene rings is 1. The maximum atomic E-state index is 5.85. The molecule has 2 aromatic heterocycles. The summed E-state index contributed by atoms with van der Waals surface area (Å²) in [7, 11) is 1.60. The lowest BCUT2D eigenvalue weighted by Crippen LogP contribution is -1.97. The zero-order valence-electron chi connectivity index (χ0n) is 11.4. The highest BCUT2D eigenvalue weighted by atomic mass is 16.5. The Bertz CT molecular complexity index is 868. The van der Waals surface area contributed by atoms with Gasteiger partial charge in [0.2, 0.25) is 0 Å². The average molecular weight is 276 g/mol. The molecule has 0 atom stereocenters. The molecule has 0 aliphatic rings. The van der Waals surface area contributed by atoms with Crippen LogP contribution in [0.5, 0.6) is 5.75 Å². The number of fused-ring (bicyclic) bond motifs is 1. The first-order chi connectivity index (χ1) is 10.2. The molecule has 0 aliphatic carbocycles. The third-order valence-corrected chi connectivity index (χ3v) is 3.15. The second-order valence-corrected chi connectivity index (χ2v) is 4.38. The number of hydrogen-bond acceptors (Lipinski definition) is 5. The molecule has 3 aromatic rings. The van der Waals surface area contributed by atoms with E-state index < -0.39 is 0 Å². The van der Waals surface area contributed by atoms with Crippen LogP contribution in [0.25, 0.3) is 22.3 Å². The van der Waals surface area contributed by atoms with Crippen molar-refractivity contribution in [3.05, 3.63) is 42.2 Å². The summed E-state index contributed by atoms with van der Waals surface area (Å²) in [6.07, 6.45) is 6.87. The van der Waals surface area contributed by atoms with E-state index in [1.165, 1.54) is 6.33 Å². The quantitative estimate of drug-likeness (QED) is 0.727. The molecular formula is C16H12N4O. The second-order valence-electron chi connectivity index (χ2n) is 4.38. The maximum Gasteiger partial charge on any atom is 0.153 e. The van der Waals surface area contributed by atoms with Gasteiger partial charge in [-0.05, 0) is 30.3 Å². The summed E-state index contributed by atoms with van der Waals surface area (Å²) < 4.78 is 5.37. The smallest absolute Gasteiger partial charge is 0.153 e. The topological polar surface area (TPSA) is 73.9 Å². The molecule has 0 unspecified atom stereocenters. The Morgan fingerprint density at radius 2 is 2.05 bits per heavy atom. The summed E-state index contributed by atoms with van der Waals surface area (Å²) in [5, 5.41) is 0. The molecule has 5 heteroatoms. The van der Waals surface area contributed by atoms with Crippen molar-refractivity contribution < 1.29 is 4.74 Å². The van der Waals surface area contributed by atoms with Crippen LogP contribution >= 0.6 is 0 Å². The molecule has 1 aromatic carbocycles. The van der Waals surface area contributed by atoms with Crippen molar-refractivity contribution >= 4 is 16.9 Å². The number of nitrogens with zero attached hydrogens (tertiary/aromatic N) is 3. The van der Waals surface area contributed by atoms with E-state index in [1.807, 2.05) is 30.3 Å². The first kappa shape index (κ1) is 12.9. The zero-order chi connectivity index (χ0) is 14.8. The number of aromatic nitrogens is 3. The highest BCUT2D eigenvalue weighted by molar-refractivity contribution is 5.86. The largest absolute Gasteiger partial charge is 0.496 e. The van der Waals surface area contributed by atoms with E-state index in [9.17, 15) is 0 Å². The molecule has 2 heterocycles. The Morgan fingerprint density at radius 1 is 1.19 bits per heavy atom. The predicted molar refractivity (Wildman–Crippen MR) is 81.7 cm³/mol. The molecule has 2 N–H and O–H groups in total. The van der Waals surface area contributed by atoms with E-state index in [1.54, 1.807) is 7.11 Å². The number of terminal acetylenes is 1. The van der Waals surface area contributed by atoms with E-state index in [2.05, 4.69) is 20.9 Å². The molecule has 5 nitrogen and oxygen atoms in total. The van der Waals surface area contributed by atoms with Gasteiger partial charge in [0.05, 0.1) is 18.3 Å². The summed E-state index contributed by atoms with van der Waals surface area (Å²) in [5.41, 5.74) is 9.37. The summed E-state index contributed by atoms with van der Waals surface area (Å²) in [4.78, 5) is 12.6. The van der Waals surface area contributed by atoms with Crippen LogP contribution in [0.3, 0.4) is 0 Å². The third-order valence-electron chi connectivity index (χ3n) is 3.15. The van der Waals surface area contributed by atoms with E-state index >= 15 is 0 Å². The Hall–Kier alpha value is -3.13. The Labute approximate surface area is 121 Å². The second kappa shape index (κ2) is 5.10. The van der Waals surface area contributed by atoms with E-state index in [0.717, 1.165) is 11.1 Å². The van der Waals surface area contributed by atoms with Gasteiger partial charge in [-0.2, -0.15) is 0 Å². The van der Waals surface area contributed by atoms with Crippen LogP contribution in [0.15, 0.2) is 36.7 Å². The van der Waals surface area contributed by atoms with Crippen LogP contribution in [0.1, 0.15) is 5.56 Å². The lowest BCUT2D eigenvalue weighted by Gasteiger charge is -2.09. The van der Waals surface area contributed by atoms with Crippen LogP contribution < -0.4 is 10.5 Å². The molecular weight excluding hydrogens is 264 g/mol. The van der Waals surface area contributed by atoms with Crippen LogP contribution in [0, 0.1) is 12.3 Å². The molecule has 3 rings (SSSR count). The number of methoxy groups -OCH3 is 1. The van der Waals surface area contributed by atoms with Gasteiger partial charge >= 0.3 is 0 Å². The van der Waals surface area contributed by atoms with Crippen LogP contribution in [-0.4, -0.2) is 22.1 Å². The molecule has 0 amide bonds. The average Bonchev–Trinajstić information content (AvgIpc) is 2.54. The molecule has 0 bridgehead atoms. The number of nitrogens with two attached hydrogens (primary N) is 1. The molecule has 102 valence electrons. The fraction of sp³-hybridized carbons (Fsp3) is 0.0625. The molecule has 0 aliphatic heterocycles. The number of rotatable bonds is 2. The number of hydrogen-bond donors (Lipinski definition) is 1. The molecule has 0 saturated carbocycles. The predicted octanol–water partition coefficient (Wildman–Crippen LogP) is 2.26. The summed E-state index contributed by atoms with van der Waals surface area (Å²) in [5.74, 6) is 3.64. The van der Waals surface area contributed by atoms with E-state index in [0.29, 0.717) is 28.3 Å². The van der Waals surface area contributed by atoms with Gasteiger partial charge in [0.1, 0.15) is 17.6 Å². The Kier molecular flexibility index (Phi) is 3.13. The maximum absolute atomic E-state index is 5.85. The van der Waals surface area contributed by atoms with E-state index in [-0.39, 0.29) is 0 Å². The standard InChI is InChI=1S/C16H12N4O/c1-3-10-4-7-14(21-2)11(8-10)12-5-6-13-15(20-12)16(17)19-9-18-13/h1,4-9H,2H3,(H2,17,18,19). The minimum Gasteiger partial charge on any atom is -0.496 e. The van der Waals surface area contributed by atoms with Crippen LogP contribution in [0.4, 0.5) is 5.82 Å². The van der Waals surface area contributed by atoms with Gasteiger partial charge in [-0.15, -0.1) is 6.42 Å². The highest BCUT2D eigenvalue weighted by Gasteiger charge is 2.10. The summed E-state index contributed by atoms with van der Waals surface area (Å²) in [6, 6.07) is 9.19. The summed E-state index contributed by atoms with van der Waals surface area (Å²) in [6.45, 7) is 0. The van der Waals surface area contributed by atoms with Gasteiger partial charge in [0.25, 0.3) is 0 Å². The van der Waals surface area contributed by atoms with Gasteiger partial charge in [-0.1, -0.05) is 5.92 Å². The lowest BCUT2D eigenvalue weighted by atomic mass is 10.1. The zero-order valence-corrected chi connectivity index (χ0v) is 11.4. The lowest BCUT2D eigenvalue weighted by molar-refractivity contribution is 0.416. The van der Waals surface area contributed by atoms with Crippen molar-refractivity contribution in [3.63, 3.8) is 0 Å². The molecule has 21 heavy (non-hydrogen) atoms. The fourth-order valence-corrected chi connectivity index (χ4v) is 2.11. The first-order valence-corrected chi connectivity index (χ1v) is 6.25. The first-order valence-electron chi connectivity index (χ1n) is 6.25. The van der Waals surface area contributed by atoms with Gasteiger partial charge in [-0.25, -0.2) is 15.0 Å². The number of anilines is 1. The SMILES string of the molecule is C#Cc1ccc(OC)c(-c2ccc3ncnc(N)c3n2)c1. The van der Waals surface area contributed by atoms with Gasteiger partial charge in [-0.3, -0.25) is 0 Å². The van der Waals surface area contributed by atoms with Crippen molar-refractivity contribution in [2.45, 2.75) is 0 Å². The van der Waals surface area contributed by atoms with Crippen molar-refractivity contribution in [1.29, 1.82) is 0 Å². The van der Waals surface area contributed by atoms with E-state index in [4.69, 9.17) is 16.9 Å². The normalized spacial score (nSPS) is 10.3. The van der Waals surface area contributed by atoms with Crippen molar-refractivity contribution in [2.75, 3.05) is 12.8 Å². The van der Waals surface area contributed by atoms with Crippen LogP contribution in [0.2, 0.25) is 0 Å². The van der Waals surface area contributed by atoms with Gasteiger partial charge < -0.3 is 10.5 Å². The molecule has 0 radical (unpaired) electrons. The minimum absolute atomic E-state index is 0.342. The Balaban J connectivity index is 2.25. The molecule has 0 spiro atoms.